The molecule has 198 valence electrons. The van der Waals surface area contributed by atoms with Gasteiger partial charge in [0.1, 0.15) is 23.1 Å². The molecule has 3 rings (SSSR count). The molecule has 0 saturated heterocycles. The van der Waals surface area contributed by atoms with Gasteiger partial charge in [0.25, 0.3) is 11.3 Å². The Balaban J connectivity index is 1.67. The third kappa shape index (κ3) is 7.49. The molecule has 0 radical (unpaired) electrons. The number of ether oxygens (including phenoxy) is 1. The van der Waals surface area contributed by atoms with Crippen molar-refractivity contribution in [3.05, 3.63) is 81.0 Å². The zero-order valence-corrected chi connectivity index (χ0v) is 19.4. The number of amides is 1. The second kappa shape index (κ2) is 11.4. The van der Waals surface area contributed by atoms with E-state index in [1.165, 1.54) is 30.5 Å². The third-order valence-corrected chi connectivity index (χ3v) is 4.98. The highest BCUT2D eigenvalue weighted by molar-refractivity contribution is 6.29. The summed E-state index contributed by atoms with van der Waals surface area (Å²) in [5.74, 6) is -5.23. The lowest BCUT2D eigenvalue weighted by molar-refractivity contribution is -0.624. The van der Waals surface area contributed by atoms with E-state index >= 15 is 0 Å². The van der Waals surface area contributed by atoms with Crippen LogP contribution < -0.4 is 25.7 Å². The summed E-state index contributed by atoms with van der Waals surface area (Å²) in [5, 5.41) is 15.9. The van der Waals surface area contributed by atoms with Gasteiger partial charge in [0, 0.05) is 18.3 Å². The van der Waals surface area contributed by atoms with E-state index in [1.54, 1.807) is 0 Å². The minimum atomic E-state index is -4.58. The molecule has 10 nitrogen and oxygen atoms in total. The van der Waals surface area contributed by atoms with E-state index < -0.39 is 54.8 Å². The molecule has 0 aromatic carbocycles. The molecule has 1 amide bonds. The predicted molar refractivity (Wildman–Crippen MR) is 119 cm³/mol. The molecule has 0 aliphatic rings. The highest BCUT2D eigenvalue weighted by Crippen LogP contribution is 2.25. The monoisotopic (exact) mass is 548 g/mol. The third-order valence-electron chi connectivity index (χ3n) is 4.68. The largest absolute Gasteiger partial charge is 0.618 e. The van der Waals surface area contributed by atoms with E-state index in [9.17, 15) is 36.7 Å². The normalized spacial score (nSPS) is 11.7. The van der Waals surface area contributed by atoms with Crippen LogP contribution in [0.25, 0.3) is 0 Å². The zero-order chi connectivity index (χ0) is 27.2. The number of hydrogen-bond acceptors (Lipinski definition) is 7. The van der Waals surface area contributed by atoms with Crippen LogP contribution in [0.2, 0.25) is 5.15 Å². The first kappa shape index (κ1) is 27.6. The Morgan fingerprint density at radius 2 is 1.92 bits per heavy atom. The van der Waals surface area contributed by atoms with Crippen LogP contribution in [0.5, 0.6) is 5.75 Å². The van der Waals surface area contributed by atoms with E-state index in [1.807, 2.05) is 0 Å². The van der Waals surface area contributed by atoms with Crippen LogP contribution in [-0.2, 0) is 23.8 Å². The van der Waals surface area contributed by atoms with Crippen LogP contribution in [0.3, 0.4) is 0 Å². The predicted octanol–water partition coefficient (Wildman–Crippen LogP) is 2.39. The minimum absolute atomic E-state index is 0.00520. The molecule has 37 heavy (non-hydrogen) atoms. The quantitative estimate of drug-likeness (QED) is 0.226. The van der Waals surface area contributed by atoms with Crippen molar-refractivity contribution in [1.29, 1.82) is 0 Å². The Labute approximate surface area is 210 Å². The first-order chi connectivity index (χ1) is 17.4. The molecule has 3 aromatic rings. The summed E-state index contributed by atoms with van der Waals surface area (Å²) in [5.41, 5.74) is -1.87. The van der Waals surface area contributed by atoms with Crippen LogP contribution >= 0.6 is 11.6 Å². The molecule has 3 aromatic heterocycles. The minimum Gasteiger partial charge on any atom is -0.618 e. The number of nitrogens with zero attached hydrogens (tertiary/aromatic N) is 4. The lowest BCUT2D eigenvalue weighted by Crippen LogP contribution is -2.41. The van der Waals surface area contributed by atoms with Gasteiger partial charge in [-0.25, -0.2) is 4.98 Å². The molecule has 0 spiro atoms. The maximum Gasteiger partial charge on any atom is 0.422 e. The Hall–Kier alpha value is -4.01. The molecule has 0 aliphatic heterocycles. The van der Waals surface area contributed by atoms with Gasteiger partial charge in [-0.3, -0.25) is 19.1 Å². The fourth-order valence-electron chi connectivity index (χ4n) is 2.96. The number of anilines is 1. The van der Waals surface area contributed by atoms with Gasteiger partial charge in [0.05, 0.1) is 19.3 Å². The van der Waals surface area contributed by atoms with Gasteiger partial charge in [0.15, 0.2) is 18.6 Å². The Kier molecular flexibility index (Phi) is 8.47. The number of rotatable bonds is 10. The van der Waals surface area contributed by atoms with Gasteiger partial charge >= 0.3 is 12.1 Å². The summed E-state index contributed by atoms with van der Waals surface area (Å²) >= 11 is 5.94. The van der Waals surface area contributed by atoms with Crippen LogP contribution in [0, 0.1) is 5.21 Å². The van der Waals surface area contributed by atoms with Gasteiger partial charge in [-0.1, -0.05) is 11.6 Å². The van der Waals surface area contributed by atoms with Crippen molar-refractivity contribution in [1.82, 2.24) is 19.9 Å². The molecule has 0 aliphatic carbocycles. The zero-order valence-electron chi connectivity index (χ0n) is 18.6. The highest BCUT2D eigenvalue weighted by atomic mass is 35.5. The van der Waals surface area contributed by atoms with Crippen molar-refractivity contribution < 1.29 is 36.2 Å². The average molecular weight is 549 g/mol. The van der Waals surface area contributed by atoms with E-state index in [4.69, 9.17) is 11.6 Å². The smallest absolute Gasteiger partial charge is 0.422 e. The fraction of sp³-hybridized carbons (Fsp3) is 0.286. The van der Waals surface area contributed by atoms with Gasteiger partial charge in [0.2, 0.25) is 5.91 Å². The van der Waals surface area contributed by atoms with Crippen LogP contribution in [0.4, 0.5) is 27.8 Å². The molecule has 3 heterocycles. The fourth-order valence-corrected chi connectivity index (χ4v) is 3.15. The van der Waals surface area contributed by atoms with E-state index in [0.717, 1.165) is 23.0 Å². The Morgan fingerprint density at radius 1 is 1.16 bits per heavy atom. The first-order valence-corrected chi connectivity index (χ1v) is 10.7. The number of carbonyl (C=O) groups excluding carboxylic acids is 1. The molecular formula is C21H18ClF5N6O4. The number of pyridine rings is 2. The number of hydrogen-bond donors (Lipinski definition) is 2. The second-order valence-corrected chi connectivity index (χ2v) is 7.81. The van der Waals surface area contributed by atoms with Crippen molar-refractivity contribution in [2.75, 3.05) is 18.5 Å². The summed E-state index contributed by atoms with van der Waals surface area (Å²) in [6, 6.07) is 6.03. The van der Waals surface area contributed by atoms with Gasteiger partial charge in [-0.05, 0) is 18.2 Å². The summed E-state index contributed by atoms with van der Waals surface area (Å²) in [7, 11) is 0. The number of nitrogens with one attached hydrogen (secondary N) is 2. The lowest BCUT2D eigenvalue weighted by Gasteiger charge is -2.17. The van der Waals surface area contributed by atoms with Gasteiger partial charge in [-0.2, -0.15) is 26.7 Å². The van der Waals surface area contributed by atoms with Crippen molar-refractivity contribution >= 4 is 23.3 Å². The van der Waals surface area contributed by atoms with Crippen molar-refractivity contribution in [2.24, 2.45) is 0 Å². The maximum atomic E-state index is 14.4. The van der Waals surface area contributed by atoms with E-state index in [0.29, 0.717) is 0 Å². The van der Waals surface area contributed by atoms with Crippen LogP contribution in [-0.4, -0.2) is 39.8 Å². The first-order valence-electron chi connectivity index (χ1n) is 10.3. The molecule has 0 unspecified atom stereocenters. The second-order valence-electron chi connectivity index (χ2n) is 7.42. The molecular weight excluding hydrogens is 531 g/mol. The Bertz CT molecular complexity index is 1320. The maximum absolute atomic E-state index is 14.4. The van der Waals surface area contributed by atoms with Crippen molar-refractivity contribution in [3.63, 3.8) is 0 Å². The average Bonchev–Trinajstić information content (AvgIpc) is 2.83. The SMILES string of the molecule is O=C(Cn1c(Cl)cnc(NCC(F)(F)c2cccc[n+]2[O-])c1=O)NCc1ncccc1OCC(F)(F)F. The van der Waals surface area contributed by atoms with E-state index in [-0.39, 0.29) is 27.9 Å². The molecule has 0 saturated carbocycles. The van der Waals surface area contributed by atoms with Gasteiger partial charge < -0.3 is 20.6 Å². The lowest BCUT2D eigenvalue weighted by atomic mass is 10.2. The molecule has 2 N–H and O–H groups in total. The van der Waals surface area contributed by atoms with Crippen LogP contribution in [0.1, 0.15) is 11.4 Å². The highest BCUT2D eigenvalue weighted by Gasteiger charge is 2.39. The van der Waals surface area contributed by atoms with Gasteiger partial charge in [-0.15, -0.1) is 0 Å². The summed E-state index contributed by atoms with van der Waals surface area (Å²) in [6.45, 7) is -3.73. The summed E-state index contributed by atoms with van der Waals surface area (Å²) in [4.78, 5) is 32.6. The number of halogens is 6. The topological polar surface area (TPSA) is 125 Å². The van der Waals surface area contributed by atoms with Crippen LogP contribution in [0.15, 0.2) is 53.7 Å². The molecule has 0 atom stereocenters. The van der Waals surface area contributed by atoms with E-state index in [2.05, 4.69) is 25.3 Å². The molecule has 0 fully saturated rings. The molecule has 0 bridgehead atoms. The Morgan fingerprint density at radius 3 is 2.62 bits per heavy atom. The van der Waals surface area contributed by atoms with Crippen molar-refractivity contribution in [2.45, 2.75) is 25.2 Å². The standard InChI is InChI=1S/C21H18ClF5N6O4/c22-16-9-30-18(31-11-20(23,24)15-5-1-2-7-33(15)36)19(35)32(16)10-17(34)29-8-13-14(4-3-6-28-13)37-12-21(25,26)27/h1-7,9H,8,10-12H2,(H,29,34)(H,30,31). The van der Waals surface area contributed by atoms with Crippen molar-refractivity contribution in [3.8, 4) is 5.75 Å². The summed E-state index contributed by atoms with van der Waals surface area (Å²) in [6.07, 6.45) is -1.45. The molecule has 16 heteroatoms. The summed E-state index contributed by atoms with van der Waals surface area (Å²) < 4.78 is 71.6. The number of carbonyl (C=O) groups is 1. The number of alkyl halides is 5. The number of aromatic nitrogens is 4.